The molecule has 13 heavy (non-hydrogen) atoms. The molecule has 0 atom stereocenters. The van der Waals surface area contributed by atoms with E-state index in [2.05, 4.69) is 20.8 Å². The van der Waals surface area contributed by atoms with Gasteiger partial charge in [0, 0.05) is 14.2 Å². The van der Waals surface area contributed by atoms with E-state index < -0.39 is 9.28 Å². The molecule has 0 saturated heterocycles. The number of hydrogen-bond acceptors (Lipinski definition) is 2. The first-order chi connectivity index (χ1) is 6.17. The molecule has 0 aromatic carbocycles. The van der Waals surface area contributed by atoms with Crippen LogP contribution in [0, 0.1) is 5.41 Å². The minimum atomic E-state index is -1.02. The zero-order valence-electron chi connectivity index (χ0n) is 9.64. The summed E-state index contributed by atoms with van der Waals surface area (Å²) in [5.74, 6) is 0. The Bertz CT molecular complexity index is 112. The second-order valence-electron chi connectivity index (χ2n) is 3.52. The van der Waals surface area contributed by atoms with Crippen molar-refractivity contribution in [3.8, 4) is 0 Å². The van der Waals surface area contributed by atoms with E-state index in [0.717, 1.165) is 6.04 Å². The molecular formula is C10H23O2Si. The third-order valence-electron chi connectivity index (χ3n) is 3.22. The molecule has 0 saturated carbocycles. The van der Waals surface area contributed by atoms with Gasteiger partial charge in [0.05, 0.1) is 0 Å². The van der Waals surface area contributed by atoms with Gasteiger partial charge < -0.3 is 8.85 Å². The molecule has 2 nitrogen and oxygen atoms in total. The van der Waals surface area contributed by atoms with Gasteiger partial charge in [0.25, 0.3) is 0 Å². The van der Waals surface area contributed by atoms with Crippen LogP contribution in [0.5, 0.6) is 0 Å². The summed E-state index contributed by atoms with van der Waals surface area (Å²) in [5, 5.41) is 0. The van der Waals surface area contributed by atoms with Gasteiger partial charge in [-0.1, -0.05) is 40.0 Å². The Labute approximate surface area is 84.5 Å². The Morgan fingerprint density at radius 3 is 1.54 bits per heavy atom. The SMILES string of the molecule is CCC(CC)(CC)C[Si](OC)OC. The average molecular weight is 203 g/mol. The zero-order valence-corrected chi connectivity index (χ0v) is 10.6. The summed E-state index contributed by atoms with van der Waals surface area (Å²) < 4.78 is 10.7. The fourth-order valence-corrected chi connectivity index (χ4v) is 3.48. The van der Waals surface area contributed by atoms with Crippen LogP contribution in [0.4, 0.5) is 0 Å². The predicted molar refractivity (Wildman–Crippen MR) is 57.9 cm³/mol. The van der Waals surface area contributed by atoms with Gasteiger partial charge in [0.2, 0.25) is 0 Å². The van der Waals surface area contributed by atoms with Crippen molar-refractivity contribution < 1.29 is 8.85 Å². The largest absolute Gasteiger partial charge is 0.397 e. The Morgan fingerprint density at radius 2 is 1.31 bits per heavy atom. The zero-order chi connectivity index (χ0) is 10.3. The molecule has 0 spiro atoms. The highest BCUT2D eigenvalue weighted by Crippen LogP contribution is 2.36. The molecule has 0 aliphatic carbocycles. The second-order valence-corrected chi connectivity index (χ2v) is 5.43. The van der Waals surface area contributed by atoms with Crippen LogP contribution in [0.25, 0.3) is 0 Å². The third kappa shape index (κ3) is 3.79. The van der Waals surface area contributed by atoms with Crippen molar-refractivity contribution in [2.75, 3.05) is 14.2 Å². The molecule has 79 valence electrons. The van der Waals surface area contributed by atoms with Gasteiger partial charge in [-0.05, 0) is 11.5 Å². The number of rotatable bonds is 7. The molecule has 0 amide bonds. The molecule has 0 aromatic heterocycles. The van der Waals surface area contributed by atoms with Crippen LogP contribution < -0.4 is 0 Å². The molecule has 0 bridgehead atoms. The summed E-state index contributed by atoms with van der Waals surface area (Å²) in [6, 6.07) is 1.11. The fraction of sp³-hybridized carbons (Fsp3) is 1.00. The predicted octanol–water partition coefficient (Wildman–Crippen LogP) is 2.98. The summed E-state index contributed by atoms with van der Waals surface area (Å²) >= 11 is 0. The van der Waals surface area contributed by atoms with Crippen LogP contribution in [-0.4, -0.2) is 23.5 Å². The van der Waals surface area contributed by atoms with Gasteiger partial charge >= 0.3 is 9.28 Å². The van der Waals surface area contributed by atoms with Crippen molar-refractivity contribution in [3.63, 3.8) is 0 Å². The molecule has 0 aliphatic heterocycles. The second kappa shape index (κ2) is 6.57. The van der Waals surface area contributed by atoms with Crippen LogP contribution in [0.3, 0.4) is 0 Å². The maximum atomic E-state index is 5.34. The van der Waals surface area contributed by atoms with Gasteiger partial charge in [-0.2, -0.15) is 0 Å². The van der Waals surface area contributed by atoms with Crippen molar-refractivity contribution in [2.24, 2.45) is 5.41 Å². The number of hydrogen-bond donors (Lipinski definition) is 0. The van der Waals surface area contributed by atoms with Crippen molar-refractivity contribution >= 4 is 9.28 Å². The Hall–Kier alpha value is 0.137. The lowest BCUT2D eigenvalue weighted by molar-refractivity contribution is 0.220. The quantitative estimate of drug-likeness (QED) is 0.592. The minimum Gasteiger partial charge on any atom is -0.397 e. The molecule has 0 aliphatic rings. The van der Waals surface area contributed by atoms with E-state index in [4.69, 9.17) is 8.85 Å². The van der Waals surface area contributed by atoms with Crippen molar-refractivity contribution in [3.05, 3.63) is 0 Å². The molecular weight excluding hydrogens is 180 g/mol. The van der Waals surface area contributed by atoms with E-state index >= 15 is 0 Å². The van der Waals surface area contributed by atoms with Gasteiger partial charge in [0.1, 0.15) is 0 Å². The first-order valence-electron chi connectivity index (χ1n) is 5.11. The molecule has 0 N–H and O–H groups in total. The van der Waals surface area contributed by atoms with Gasteiger partial charge in [0.15, 0.2) is 0 Å². The topological polar surface area (TPSA) is 18.5 Å². The van der Waals surface area contributed by atoms with Gasteiger partial charge in [-0.25, -0.2) is 0 Å². The smallest absolute Gasteiger partial charge is 0.384 e. The van der Waals surface area contributed by atoms with Crippen molar-refractivity contribution in [1.82, 2.24) is 0 Å². The van der Waals surface area contributed by atoms with Crippen LogP contribution in [0.15, 0.2) is 0 Å². The van der Waals surface area contributed by atoms with Crippen molar-refractivity contribution in [1.29, 1.82) is 0 Å². The maximum absolute atomic E-state index is 5.34. The third-order valence-corrected chi connectivity index (χ3v) is 5.17. The van der Waals surface area contributed by atoms with E-state index in [1.165, 1.54) is 19.3 Å². The monoisotopic (exact) mass is 203 g/mol. The van der Waals surface area contributed by atoms with Crippen LogP contribution in [0.1, 0.15) is 40.0 Å². The minimum absolute atomic E-state index is 0.445. The highest BCUT2D eigenvalue weighted by Gasteiger charge is 2.30. The molecule has 1 radical (unpaired) electrons. The van der Waals surface area contributed by atoms with Crippen LogP contribution in [-0.2, 0) is 8.85 Å². The first kappa shape index (κ1) is 13.1. The van der Waals surface area contributed by atoms with E-state index in [-0.39, 0.29) is 0 Å². The summed E-state index contributed by atoms with van der Waals surface area (Å²) in [6.45, 7) is 6.79. The van der Waals surface area contributed by atoms with E-state index in [1.54, 1.807) is 14.2 Å². The molecule has 0 unspecified atom stereocenters. The lowest BCUT2D eigenvalue weighted by Gasteiger charge is -2.31. The lowest BCUT2D eigenvalue weighted by Crippen LogP contribution is -2.30. The van der Waals surface area contributed by atoms with E-state index in [9.17, 15) is 0 Å². The summed E-state index contributed by atoms with van der Waals surface area (Å²) in [4.78, 5) is 0. The fourth-order valence-electron chi connectivity index (χ4n) is 1.66. The van der Waals surface area contributed by atoms with Crippen LogP contribution >= 0.6 is 0 Å². The lowest BCUT2D eigenvalue weighted by atomic mass is 9.82. The highest BCUT2D eigenvalue weighted by atomic mass is 28.3. The van der Waals surface area contributed by atoms with E-state index in [1.807, 2.05) is 0 Å². The maximum Gasteiger partial charge on any atom is 0.384 e. The van der Waals surface area contributed by atoms with Gasteiger partial charge in [-0.3, -0.25) is 0 Å². The molecule has 0 aromatic rings. The Balaban J connectivity index is 4.21. The van der Waals surface area contributed by atoms with E-state index in [0.29, 0.717) is 5.41 Å². The Kier molecular flexibility index (Phi) is 6.64. The highest BCUT2D eigenvalue weighted by molar-refractivity contribution is 6.44. The van der Waals surface area contributed by atoms with Crippen molar-refractivity contribution in [2.45, 2.75) is 46.1 Å². The normalized spacial score (nSPS) is 12.5. The molecule has 3 heteroatoms. The van der Waals surface area contributed by atoms with Crippen LogP contribution in [0.2, 0.25) is 6.04 Å². The standard InChI is InChI=1S/C10H23O2Si/c1-6-10(7-2,8-3)9-13(11-4)12-5/h6-9H2,1-5H3. The molecule has 0 heterocycles. The first-order valence-corrected chi connectivity index (χ1v) is 6.64. The summed E-state index contributed by atoms with van der Waals surface area (Å²) in [6.07, 6.45) is 3.67. The van der Waals surface area contributed by atoms with Gasteiger partial charge in [-0.15, -0.1) is 0 Å². The molecule has 0 rings (SSSR count). The Morgan fingerprint density at radius 1 is 0.923 bits per heavy atom. The summed E-state index contributed by atoms with van der Waals surface area (Å²) in [7, 11) is 2.49. The summed E-state index contributed by atoms with van der Waals surface area (Å²) in [5.41, 5.74) is 0.445. The molecule has 0 fully saturated rings. The average Bonchev–Trinajstić information content (AvgIpc) is 2.21.